The van der Waals surface area contributed by atoms with E-state index in [1.165, 1.54) is 12.4 Å². The van der Waals surface area contributed by atoms with Gasteiger partial charge in [0.15, 0.2) is 0 Å². The average Bonchev–Trinajstić information content (AvgIpc) is 2.76. The average molecular weight is 443 g/mol. The molecule has 2 aromatic heterocycles. The van der Waals surface area contributed by atoms with Gasteiger partial charge in [-0.2, -0.15) is 0 Å². The van der Waals surface area contributed by atoms with Crippen molar-refractivity contribution in [3.05, 3.63) is 87.4 Å². The fourth-order valence-corrected chi connectivity index (χ4v) is 3.93. The van der Waals surface area contributed by atoms with E-state index in [1.807, 2.05) is 30.3 Å². The van der Waals surface area contributed by atoms with Gasteiger partial charge in [0.1, 0.15) is 5.75 Å². The van der Waals surface area contributed by atoms with Gasteiger partial charge < -0.3 is 15.4 Å². The summed E-state index contributed by atoms with van der Waals surface area (Å²) in [6.07, 6.45) is 5.45. The van der Waals surface area contributed by atoms with Crippen molar-refractivity contribution in [2.75, 3.05) is 6.61 Å². The summed E-state index contributed by atoms with van der Waals surface area (Å²) in [6.45, 7) is 1.72. The lowest BCUT2D eigenvalue weighted by Gasteiger charge is -2.25. The van der Waals surface area contributed by atoms with Gasteiger partial charge in [0.2, 0.25) is 0 Å². The summed E-state index contributed by atoms with van der Waals surface area (Å²) < 4.78 is 5.67. The number of hydrogen-bond donors (Lipinski definition) is 2. The van der Waals surface area contributed by atoms with Crippen LogP contribution in [0.1, 0.15) is 39.6 Å². The summed E-state index contributed by atoms with van der Waals surface area (Å²) in [7, 11) is 0. The molecule has 0 spiro atoms. The summed E-state index contributed by atoms with van der Waals surface area (Å²) in [6, 6.07) is 12.0. The number of fused-ring (bicyclic) bond motifs is 1. The molecule has 1 aliphatic heterocycles. The molecule has 2 N–H and O–H groups in total. The summed E-state index contributed by atoms with van der Waals surface area (Å²) in [4.78, 5) is 20.8. The first-order valence-corrected chi connectivity index (χ1v) is 10.3. The van der Waals surface area contributed by atoms with Crippen LogP contribution in [0, 0.1) is 0 Å². The molecule has 1 aromatic carbocycles. The van der Waals surface area contributed by atoms with Crippen molar-refractivity contribution in [1.29, 1.82) is 0 Å². The van der Waals surface area contributed by atoms with Crippen LogP contribution in [0.5, 0.6) is 5.75 Å². The van der Waals surface area contributed by atoms with Crippen LogP contribution in [-0.4, -0.2) is 22.5 Å². The third-order valence-corrected chi connectivity index (χ3v) is 5.44. The third kappa shape index (κ3) is 4.73. The Bertz CT molecular complexity index is 1040. The molecule has 0 saturated heterocycles. The van der Waals surface area contributed by atoms with Crippen molar-refractivity contribution in [3.63, 3.8) is 0 Å². The number of benzene rings is 1. The second kappa shape index (κ2) is 9.43. The molecule has 3 aromatic rings. The molecule has 8 heteroatoms. The van der Waals surface area contributed by atoms with Gasteiger partial charge in [-0.25, -0.2) is 0 Å². The van der Waals surface area contributed by atoms with Gasteiger partial charge in [-0.15, -0.1) is 0 Å². The van der Waals surface area contributed by atoms with Gasteiger partial charge in [0, 0.05) is 38.1 Å². The lowest BCUT2D eigenvalue weighted by Crippen LogP contribution is -2.27. The number of hydrogen-bond acceptors (Lipinski definition) is 5. The number of nitrogens with zero attached hydrogens (tertiary/aromatic N) is 2. The fourth-order valence-electron chi connectivity index (χ4n) is 3.40. The number of halogens is 2. The molecule has 1 aliphatic rings. The highest BCUT2D eigenvalue weighted by molar-refractivity contribution is 6.39. The van der Waals surface area contributed by atoms with Crippen molar-refractivity contribution < 1.29 is 9.53 Å². The van der Waals surface area contributed by atoms with Crippen molar-refractivity contribution in [1.82, 2.24) is 20.6 Å². The zero-order chi connectivity index (χ0) is 20.9. The third-order valence-electron chi connectivity index (χ3n) is 4.87. The summed E-state index contributed by atoms with van der Waals surface area (Å²) in [5.41, 5.74) is 3.27. The molecule has 6 nitrogen and oxygen atoms in total. The van der Waals surface area contributed by atoms with Crippen LogP contribution >= 0.6 is 23.2 Å². The van der Waals surface area contributed by atoms with Gasteiger partial charge in [0.05, 0.1) is 34.0 Å². The Balaban J connectivity index is 1.37. The minimum absolute atomic E-state index is 0.147. The molecule has 1 unspecified atom stereocenters. The molecule has 0 bridgehead atoms. The Kier molecular flexibility index (Phi) is 6.47. The maximum Gasteiger partial charge on any atom is 0.254 e. The molecule has 30 heavy (non-hydrogen) atoms. The second-order valence-corrected chi connectivity index (χ2v) is 7.75. The quantitative estimate of drug-likeness (QED) is 0.593. The van der Waals surface area contributed by atoms with Gasteiger partial charge in [0.25, 0.3) is 5.91 Å². The molecule has 0 radical (unpaired) electrons. The highest BCUT2D eigenvalue weighted by atomic mass is 35.5. The number of amides is 1. The van der Waals surface area contributed by atoms with E-state index in [4.69, 9.17) is 27.9 Å². The molecule has 0 aliphatic carbocycles. The van der Waals surface area contributed by atoms with Crippen LogP contribution in [0.4, 0.5) is 0 Å². The van der Waals surface area contributed by atoms with Crippen LogP contribution in [0.15, 0.2) is 55.0 Å². The topological polar surface area (TPSA) is 76.1 Å². The monoisotopic (exact) mass is 442 g/mol. The second-order valence-electron chi connectivity index (χ2n) is 6.94. The van der Waals surface area contributed by atoms with Gasteiger partial charge in [-0.3, -0.25) is 14.8 Å². The van der Waals surface area contributed by atoms with Crippen LogP contribution in [0.2, 0.25) is 10.0 Å². The summed E-state index contributed by atoms with van der Waals surface area (Å²) in [5, 5.41) is 6.87. The van der Waals surface area contributed by atoms with E-state index >= 15 is 0 Å². The lowest BCUT2D eigenvalue weighted by atomic mass is 10.1. The van der Waals surface area contributed by atoms with E-state index in [0.717, 1.165) is 29.0 Å². The summed E-state index contributed by atoms with van der Waals surface area (Å²) in [5.74, 6) is 0.506. The van der Waals surface area contributed by atoms with Crippen molar-refractivity contribution in [2.24, 2.45) is 0 Å². The van der Waals surface area contributed by atoms with Gasteiger partial charge in [-0.05, 0) is 23.3 Å². The maximum atomic E-state index is 12.5. The molecular formula is C22H20Cl2N4O2. The first-order valence-electron chi connectivity index (χ1n) is 9.58. The largest absolute Gasteiger partial charge is 0.492 e. The normalized spacial score (nSPS) is 15.2. The number of ether oxygens (including phenoxy) is 1. The zero-order valence-corrected chi connectivity index (χ0v) is 17.6. The summed E-state index contributed by atoms with van der Waals surface area (Å²) >= 11 is 12.1. The Morgan fingerprint density at radius 1 is 1.10 bits per heavy atom. The van der Waals surface area contributed by atoms with Crippen molar-refractivity contribution in [2.45, 2.75) is 25.6 Å². The Morgan fingerprint density at radius 2 is 1.87 bits per heavy atom. The Labute approximate surface area is 184 Å². The number of pyridine rings is 2. The van der Waals surface area contributed by atoms with E-state index in [1.54, 1.807) is 6.20 Å². The molecule has 0 fully saturated rings. The SMILES string of the molecule is O=C(NCc1cccc(CNC2CCOc3cccnc32)c1)c1c(Cl)cncc1Cl. The fraction of sp³-hybridized carbons (Fsp3) is 0.227. The number of rotatable bonds is 6. The minimum atomic E-state index is -0.333. The highest BCUT2D eigenvalue weighted by Crippen LogP contribution is 2.29. The smallest absolute Gasteiger partial charge is 0.254 e. The van der Waals surface area contributed by atoms with Crippen LogP contribution in [0.3, 0.4) is 0 Å². The van der Waals surface area contributed by atoms with E-state index in [-0.39, 0.29) is 27.6 Å². The van der Waals surface area contributed by atoms with Crippen LogP contribution in [0.25, 0.3) is 0 Å². The van der Waals surface area contributed by atoms with E-state index in [0.29, 0.717) is 19.7 Å². The molecule has 1 amide bonds. The zero-order valence-electron chi connectivity index (χ0n) is 16.1. The highest BCUT2D eigenvalue weighted by Gasteiger charge is 2.22. The molecule has 0 saturated carbocycles. The van der Waals surface area contributed by atoms with Crippen molar-refractivity contribution in [3.8, 4) is 5.75 Å². The first kappa shape index (κ1) is 20.6. The Hall–Kier alpha value is -2.67. The molecule has 3 heterocycles. The first-order chi connectivity index (χ1) is 14.6. The van der Waals surface area contributed by atoms with Crippen LogP contribution in [-0.2, 0) is 13.1 Å². The van der Waals surface area contributed by atoms with E-state index < -0.39 is 0 Å². The van der Waals surface area contributed by atoms with E-state index in [2.05, 4.69) is 26.7 Å². The molecule has 154 valence electrons. The number of carbonyl (C=O) groups excluding carboxylic acids is 1. The van der Waals surface area contributed by atoms with Crippen molar-refractivity contribution >= 4 is 29.1 Å². The molecular weight excluding hydrogens is 423 g/mol. The number of aromatic nitrogens is 2. The maximum absolute atomic E-state index is 12.5. The Morgan fingerprint density at radius 3 is 2.67 bits per heavy atom. The lowest BCUT2D eigenvalue weighted by molar-refractivity contribution is 0.0951. The standard InChI is InChI=1S/C22H20Cl2N4O2/c23-16-12-25-13-17(24)20(16)22(29)28-11-15-4-1-3-14(9-15)10-27-18-6-8-30-19-5-2-7-26-21(18)19/h1-5,7,9,12-13,18,27H,6,8,10-11H2,(H,28,29). The predicted octanol–water partition coefficient (Wildman–Crippen LogP) is 4.33. The molecule has 4 rings (SSSR count). The van der Waals surface area contributed by atoms with Gasteiger partial charge in [-0.1, -0.05) is 47.5 Å². The predicted molar refractivity (Wildman–Crippen MR) is 116 cm³/mol. The van der Waals surface area contributed by atoms with E-state index in [9.17, 15) is 4.79 Å². The number of nitrogens with one attached hydrogen (secondary N) is 2. The number of carbonyl (C=O) groups is 1. The minimum Gasteiger partial charge on any atom is -0.492 e. The molecule has 1 atom stereocenters. The van der Waals surface area contributed by atoms with Crippen LogP contribution < -0.4 is 15.4 Å². The van der Waals surface area contributed by atoms with Gasteiger partial charge >= 0.3 is 0 Å².